The van der Waals surface area contributed by atoms with E-state index in [2.05, 4.69) is 41.4 Å². The maximum absolute atomic E-state index is 12.6. The van der Waals surface area contributed by atoms with Crippen LogP contribution in [0.2, 0.25) is 0 Å². The van der Waals surface area contributed by atoms with Gasteiger partial charge in [0.05, 0.1) is 12.8 Å². The third-order valence-electron chi connectivity index (χ3n) is 4.50. The van der Waals surface area contributed by atoms with Gasteiger partial charge >= 0.3 is 0 Å². The molecule has 29 heavy (non-hydrogen) atoms. The molecular formula is C23H26N4O2. The minimum absolute atomic E-state index is 0.0621. The molecule has 0 atom stereocenters. The first-order valence-electron chi connectivity index (χ1n) is 9.43. The summed E-state index contributed by atoms with van der Waals surface area (Å²) in [5, 5.41) is 6.00. The molecule has 0 aliphatic heterocycles. The Morgan fingerprint density at radius 3 is 2.41 bits per heavy atom. The number of rotatable bonds is 5. The number of carbonyl (C=O) groups excluding carboxylic acids is 1. The van der Waals surface area contributed by atoms with E-state index in [9.17, 15) is 4.79 Å². The summed E-state index contributed by atoms with van der Waals surface area (Å²) in [6.45, 7) is 8.44. The van der Waals surface area contributed by atoms with E-state index in [0.717, 1.165) is 16.9 Å². The quantitative estimate of drug-likeness (QED) is 0.635. The van der Waals surface area contributed by atoms with Gasteiger partial charge in [-0.1, -0.05) is 39.0 Å². The van der Waals surface area contributed by atoms with E-state index in [4.69, 9.17) is 4.74 Å². The summed E-state index contributed by atoms with van der Waals surface area (Å²) >= 11 is 0. The molecule has 0 fully saturated rings. The highest BCUT2D eigenvalue weighted by Gasteiger charge is 2.14. The van der Waals surface area contributed by atoms with E-state index in [0.29, 0.717) is 11.7 Å². The van der Waals surface area contributed by atoms with Gasteiger partial charge in [0, 0.05) is 11.9 Å². The van der Waals surface area contributed by atoms with Gasteiger partial charge in [-0.05, 0) is 53.8 Å². The predicted octanol–water partition coefficient (Wildman–Crippen LogP) is 5.09. The van der Waals surface area contributed by atoms with Crippen molar-refractivity contribution < 1.29 is 9.53 Å². The molecule has 0 saturated heterocycles. The number of amides is 1. The van der Waals surface area contributed by atoms with Crippen LogP contribution in [0, 0.1) is 6.92 Å². The molecular weight excluding hydrogens is 364 g/mol. The van der Waals surface area contributed by atoms with Crippen LogP contribution in [-0.4, -0.2) is 23.0 Å². The molecule has 0 saturated carbocycles. The lowest BCUT2D eigenvalue weighted by molar-refractivity contribution is 0.102. The first-order chi connectivity index (χ1) is 13.8. The Bertz CT molecular complexity index is 1010. The minimum Gasteiger partial charge on any atom is -0.495 e. The zero-order valence-electron chi connectivity index (χ0n) is 17.4. The standard InChI is InChI=1S/C23H26N4O2/c1-15-6-11-20(29-5)19(14-15)27-22-24-13-12-18(26-22)21(28)25-17-9-7-16(8-10-17)23(2,3)4/h6-14H,1-5H3,(H,25,28)(H,24,26,27). The Morgan fingerprint density at radius 1 is 1.03 bits per heavy atom. The second kappa shape index (κ2) is 8.31. The van der Waals surface area contributed by atoms with Crippen molar-refractivity contribution in [1.82, 2.24) is 9.97 Å². The van der Waals surface area contributed by atoms with Crippen LogP contribution in [0.25, 0.3) is 0 Å². The monoisotopic (exact) mass is 390 g/mol. The number of aryl methyl sites for hydroxylation is 1. The molecule has 0 unspecified atom stereocenters. The lowest BCUT2D eigenvalue weighted by atomic mass is 9.87. The van der Waals surface area contributed by atoms with Crippen molar-refractivity contribution in [3.05, 3.63) is 71.5 Å². The number of hydrogen-bond donors (Lipinski definition) is 2. The smallest absolute Gasteiger partial charge is 0.274 e. The van der Waals surface area contributed by atoms with Gasteiger partial charge in [-0.25, -0.2) is 9.97 Å². The molecule has 0 aliphatic rings. The molecule has 6 heteroatoms. The van der Waals surface area contributed by atoms with E-state index in [1.165, 1.54) is 5.56 Å². The van der Waals surface area contributed by atoms with Crippen molar-refractivity contribution in [1.29, 1.82) is 0 Å². The van der Waals surface area contributed by atoms with Crippen LogP contribution in [-0.2, 0) is 5.41 Å². The van der Waals surface area contributed by atoms with E-state index < -0.39 is 0 Å². The number of hydrogen-bond acceptors (Lipinski definition) is 5. The zero-order valence-corrected chi connectivity index (χ0v) is 17.4. The second-order valence-electron chi connectivity index (χ2n) is 7.88. The Morgan fingerprint density at radius 2 is 1.76 bits per heavy atom. The van der Waals surface area contributed by atoms with E-state index in [1.807, 2.05) is 49.4 Å². The van der Waals surface area contributed by atoms with Crippen molar-refractivity contribution in [2.24, 2.45) is 0 Å². The Balaban J connectivity index is 1.75. The first kappa shape index (κ1) is 20.3. The summed E-state index contributed by atoms with van der Waals surface area (Å²) in [5.74, 6) is 0.702. The fraction of sp³-hybridized carbons (Fsp3) is 0.261. The topological polar surface area (TPSA) is 76.1 Å². The average molecular weight is 390 g/mol. The molecule has 0 aliphatic carbocycles. The molecule has 0 spiro atoms. The van der Waals surface area contributed by atoms with E-state index >= 15 is 0 Å². The third-order valence-corrected chi connectivity index (χ3v) is 4.50. The lowest BCUT2D eigenvalue weighted by Gasteiger charge is -2.19. The summed E-state index contributed by atoms with van der Waals surface area (Å²) in [6.07, 6.45) is 1.55. The van der Waals surface area contributed by atoms with Gasteiger partial charge in [0.15, 0.2) is 0 Å². The zero-order chi connectivity index (χ0) is 21.0. The van der Waals surface area contributed by atoms with Gasteiger partial charge < -0.3 is 15.4 Å². The number of aromatic nitrogens is 2. The van der Waals surface area contributed by atoms with Crippen LogP contribution in [0.15, 0.2) is 54.7 Å². The SMILES string of the molecule is COc1ccc(C)cc1Nc1nccc(C(=O)Nc2ccc(C(C)(C)C)cc2)n1. The number of methoxy groups -OCH3 is 1. The number of benzene rings is 2. The van der Waals surface area contributed by atoms with Gasteiger partial charge in [0.1, 0.15) is 11.4 Å². The van der Waals surface area contributed by atoms with Crippen LogP contribution in [0.3, 0.4) is 0 Å². The fourth-order valence-electron chi connectivity index (χ4n) is 2.83. The molecule has 0 radical (unpaired) electrons. The van der Waals surface area contributed by atoms with Crippen molar-refractivity contribution in [2.75, 3.05) is 17.7 Å². The summed E-state index contributed by atoms with van der Waals surface area (Å²) in [6, 6.07) is 15.2. The summed E-state index contributed by atoms with van der Waals surface area (Å²) in [4.78, 5) is 21.2. The normalized spacial score (nSPS) is 11.1. The van der Waals surface area contributed by atoms with Gasteiger partial charge in [-0.15, -0.1) is 0 Å². The Kier molecular flexibility index (Phi) is 5.82. The highest BCUT2D eigenvalue weighted by Crippen LogP contribution is 2.27. The Labute approximate surface area is 171 Å². The highest BCUT2D eigenvalue weighted by molar-refractivity contribution is 6.03. The maximum atomic E-state index is 12.6. The molecule has 3 rings (SSSR count). The lowest BCUT2D eigenvalue weighted by Crippen LogP contribution is -2.15. The van der Waals surface area contributed by atoms with Crippen LogP contribution in [0.4, 0.5) is 17.3 Å². The van der Waals surface area contributed by atoms with Crippen LogP contribution in [0.5, 0.6) is 5.75 Å². The van der Waals surface area contributed by atoms with E-state index in [1.54, 1.807) is 19.4 Å². The predicted molar refractivity (Wildman–Crippen MR) is 116 cm³/mol. The van der Waals surface area contributed by atoms with Gasteiger partial charge in [-0.3, -0.25) is 4.79 Å². The van der Waals surface area contributed by atoms with Crippen LogP contribution in [0.1, 0.15) is 42.4 Å². The molecule has 3 aromatic rings. The van der Waals surface area contributed by atoms with Crippen molar-refractivity contribution in [3.63, 3.8) is 0 Å². The summed E-state index contributed by atoms with van der Waals surface area (Å²) < 4.78 is 5.37. The number of nitrogens with one attached hydrogen (secondary N) is 2. The first-order valence-corrected chi connectivity index (χ1v) is 9.43. The van der Waals surface area contributed by atoms with Crippen molar-refractivity contribution in [3.8, 4) is 5.75 Å². The molecule has 6 nitrogen and oxygen atoms in total. The van der Waals surface area contributed by atoms with Gasteiger partial charge in [0.2, 0.25) is 5.95 Å². The maximum Gasteiger partial charge on any atom is 0.274 e. The fourth-order valence-corrected chi connectivity index (χ4v) is 2.83. The number of anilines is 3. The number of ether oxygens (including phenoxy) is 1. The highest BCUT2D eigenvalue weighted by atomic mass is 16.5. The third kappa shape index (κ3) is 5.10. The average Bonchev–Trinajstić information content (AvgIpc) is 2.68. The van der Waals surface area contributed by atoms with Gasteiger partial charge in [-0.2, -0.15) is 0 Å². The van der Waals surface area contributed by atoms with Crippen LogP contribution >= 0.6 is 0 Å². The molecule has 0 bridgehead atoms. The number of carbonyl (C=O) groups is 1. The molecule has 1 heterocycles. The molecule has 2 N–H and O–H groups in total. The second-order valence-corrected chi connectivity index (χ2v) is 7.88. The number of nitrogens with zero attached hydrogens (tertiary/aromatic N) is 2. The summed E-state index contributed by atoms with van der Waals surface area (Å²) in [7, 11) is 1.60. The molecule has 150 valence electrons. The molecule has 1 aromatic heterocycles. The Hall–Kier alpha value is -3.41. The van der Waals surface area contributed by atoms with Crippen molar-refractivity contribution >= 4 is 23.2 Å². The molecule has 1 amide bonds. The van der Waals surface area contributed by atoms with Gasteiger partial charge in [0.25, 0.3) is 5.91 Å². The largest absolute Gasteiger partial charge is 0.495 e. The van der Waals surface area contributed by atoms with Crippen molar-refractivity contribution in [2.45, 2.75) is 33.1 Å². The van der Waals surface area contributed by atoms with Crippen LogP contribution < -0.4 is 15.4 Å². The van der Waals surface area contributed by atoms with E-state index in [-0.39, 0.29) is 17.0 Å². The molecule has 2 aromatic carbocycles. The minimum atomic E-state index is -0.296. The summed E-state index contributed by atoms with van der Waals surface area (Å²) in [5.41, 5.74) is 4.07.